The molecular weight excluding hydrogens is 490 g/mol. The van der Waals surface area contributed by atoms with E-state index in [4.69, 9.17) is 46.4 Å². The van der Waals surface area contributed by atoms with Crippen LogP contribution < -0.4 is 10.6 Å². The zero-order valence-electron chi connectivity index (χ0n) is 16.4. The van der Waals surface area contributed by atoms with Gasteiger partial charge in [-0.25, -0.2) is 0 Å². The molecule has 3 aromatic rings. The normalized spacial score (nSPS) is 11.1. The third kappa shape index (κ3) is 7.14. The highest BCUT2D eigenvalue weighted by molar-refractivity contribution is 6.36. The smallest absolute Gasteiger partial charge is 0.248 e. The second-order valence-electron chi connectivity index (χ2n) is 6.56. The number of hydrogen-bond donors (Lipinski definition) is 2. The van der Waals surface area contributed by atoms with E-state index >= 15 is 0 Å². The van der Waals surface area contributed by atoms with E-state index in [-0.39, 0.29) is 11.8 Å². The number of carbonyl (C=O) groups is 2. The highest BCUT2D eigenvalue weighted by atomic mass is 35.5. The Morgan fingerprint density at radius 1 is 0.625 bits per heavy atom. The Kier molecular flexibility index (Phi) is 8.37. The fraction of sp³-hybridized carbons (Fsp3) is 0. The fourth-order valence-electron chi connectivity index (χ4n) is 2.65. The number of rotatable bonds is 6. The monoisotopic (exact) mass is 504 g/mol. The number of anilines is 2. The first kappa shape index (κ1) is 23.9. The molecule has 0 aromatic heterocycles. The van der Waals surface area contributed by atoms with Crippen molar-refractivity contribution in [3.8, 4) is 0 Å². The van der Waals surface area contributed by atoms with Crippen LogP contribution in [-0.2, 0) is 9.59 Å². The summed E-state index contributed by atoms with van der Waals surface area (Å²) in [4.78, 5) is 24.5. The molecule has 0 saturated heterocycles. The summed E-state index contributed by atoms with van der Waals surface area (Å²) in [6.07, 6.45) is 5.90. The van der Waals surface area contributed by atoms with Gasteiger partial charge < -0.3 is 10.6 Å². The number of carbonyl (C=O) groups excluding carboxylic acids is 2. The van der Waals surface area contributed by atoms with Crippen molar-refractivity contribution in [2.24, 2.45) is 0 Å². The molecule has 0 bridgehead atoms. The molecule has 3 rings (SSSR count). The molecule has 2 amide bonds. The van der Waals surface area contributed by atoms with E-state index in [1.165, 1.54) is 12.2 Å². The van der Waals surface area contributed by atoms with Crippen molar-refractivity contribution in [3.05, 3.63) is 104 Å². The molecule has 0 aliphatic heterocycles. The van der Waals surface area contributed by atoms with Gasteiger partial charge in [0.05, 0.1) is 0 Å². The quantitative estimate of drug-likeness (QED) is 0.339. The Morgan fingerprint density at radius 3 is 1.47 bits per heavy atom. The summed E-state index contributed by atoms with van der Waals surface area (Å²) in [5, 5.41) is 7.38. The van der Waals surface area contributed by atoms with Crippen LogP contribution in [-0.4, -0.2) is 11.8 Å². The molecular formula is C24H16Cl4N2O2. The lowest BCUT2D eigenvalue weighted by atomic mass is 10.2. The van der Waals surface area contributed by atoms with Crippen LogP contribution in [0.5, 0.6) is 0 Å². The third-order valence-corrected chi connectivity index (χ3v) is 5.28. The molecule has 0 radical (unpaired) electrons. The largest absolute Gasteiger partial charge is 0.322 e. The van der Waals surface area contributed by atoms with Crippen molar-refractivity contribution in [2.45, 2.75) is 0 Å². The topological polar surface area (TPSA) is 58.2 Å². The lowest BCUT2D eigenvalue weighted by Crippen LogP contribution is -2.10. The first-order chi connectivity index (χ1) is 15.3. The maximum atomic E-state index is 12.2. The molecule has 3 aromatic carbocycles. The van der Waals surface area contributed by atoms with Gasteiger partial charge >= 0.3 is 0 Å². The van der Waals surface area contributed by atoms with Crippen LogP contribution >= 0.6 is 46.4 Å². The third-order valence-electron chi connectivity index (χ3n) is 4.15. The molecule has 0 fully saturated rings. The van der Waals surface area contributed by atoms with E-state index in [0.29, 0.717) is 42.6 Å². The van der Waals surface area contributed by atoms with Gasteiger partial charge in [0, 0.05) is 43.6 Å². The van der Waals surface area contributed by atoms with Crippen LogP contribution in [0.3, 0.4) is 0 Å². The SMILES string of the molecule is O=C(/C=C/c1ccc(Cl)cc1Cl)Nc1cccc(NC(=O)/C=C/c2ccc(Cl)cc2Cl)c1. The maximum absolute atomic E-state index is 12.2. The predicted molar refractivity (Wildman–Crippen MR) is 135 cm³/mol. The van der Waals surface area contributed by atoms with Gasteiger partial charge in [0.2, 0.25) is 11.8 Å². The summed E-state index contributed by atoms with van der Waals surface area (Å²) in [6.45, 7) is 0. The standard InChI is InChI=1S/C24H16Cl4N2O2/c25-17-8-4-15(21(27)12-17)6-10-23(31)29-19-2-1-3-20(14-19)30-24(32)11-7-16-5-9-18(26)13-22(16)28/h1-14H,(H,29,31)(H,30,32)/b10-6+,11-7+. The average molecular weight is 506 g/mol. The van der Waals surface area contributed by atoms with Crippen molar-refractivity contribution >= 4 is 81.7 Å². The lowest BCUT2D eigenvalue weighted by Gasteiger charge is -2.07. The van der Waals surface area contributed by atoms with Crippen LogP contribution in [0.2, 0.25) is 20.1 Å². The van der Waals surface area contributed by atoms with Crippen molar-refractivity contribution in [1.29, 1.82) is 0 Å². The van der Waals surface area contributed by atoms with E-state index in [1.807, 2.05) is 0 Å². The minimum Gasteiger partial charge on any atom is -0.322 e. The summed E-state index contributed by atoms with van der Waals surface area (Å²) < 4.78 is 0. The van der Waals surface area contributed by atoms with Crippen molar-refractivity contribution in [2.75, 3.05) is 10.6 Å². The summed E-state index contributed by atoms with van der Waals surface area (Å²) in [6, 6.07) is 16.8. The van der Waals surface area contributed by atoms with Crippen LogP contribution in [0.25, 0.3) is 12.2 Å². The maximum Gasteiger partial charge on any atom is 0.248 e. The van der Waals surface area contributed by atoms with Gasteiger partial charge in [0.1, 0.15) is 0 Å². The van der Waals surface area contributed by atoms with Gasteiger partial charge in [-0.1, -0.05) is 64.6 Å². The highest BCUT2D eigenvalue weighted by Crippen LogP contribution is 2.23. The predicted octanol–water partition coefficient (Wildman–Crippen LogP) is 7.60. The number of hydrogen-bond acceptors (Lipinski definition) is 2. The molecule has 4 nitrogen and oxygen atoms in total. The molecule has 0 aliphatic carbocycles. The molecule has 0 aliphatic rings. The Morgan fingerprint density at radius 2 is 1.06 bits per heavy atom. The summed E-state index contributed by atoms with van der Waals surface area (Å²) in [7, 11) is 0. The molecule has 32 heavy (non-hydrogen) atoms. The zero-order valence-corrected chi connectivity index (χ0v) is 19.4. The van der Waals surface area contributed by atoms with Crippen molar-refractivity contribution in [3.63, 3.8) is 0 Å². The lowest BCUT2D eigenvalue weighted by molar-refractivity contribution is -0.112. The van der Waals surface area contributed by atoms with Crippen LogP contribution in [0.1, 0.15) is 11.1 Å². The summed E-state index contributed by atoms with van der Waals surface area (Å²) in [5.74, 6) is -0.700. The molecule has 0 saturated carbocycles. The summed E-state index contributed by atoms with van der Waals surface area (Å²) in [5.41, 5.74) is 2.37. The second-order valence-corrected chi connectivity index (χ2v) is 8.24. The number of halogens is 4. The molecule has 0 spiro atoms. The van der Waals surface area contributed by atoms with E-state index < -0.39 is 0 Å². The van der Waals surface area contributed by atoms with Crippen molar-refractivity contribution < 1.29 is 9.59 Å². The van der Waals surface area contributed by atoms with Gasteiger partial charge in [-0.05, 0) is 65.7 Å². The molecule has 162 valence electrons. The van der Waals surface area contributed by atoms with E-state index in [2.05, 4.69) is 10.6 Å². The van der Waals surface area contributed by atoms with Gasteiger partial charge in [0.15, 0.2) is 0 Å². The van der Waals surface area contributed by atoms with Gasteiger partial charge in [-0.3, -0.25) is 9.59 Å². The fourth-order valence-corrected chi connectivity index (χ4v) is 3.59. The van der Waals surface area contributed by atoms with Crippen LogP contribution in [0.15, 0.2) is 72.8 Å². The zero-order chi connectivity index (χ0) is 23.1. The summed E-state index contributed by atoms with van der Waals surface area (Å²) >= 11 is 23.9. The number of nitrogens with one attached hydrogen (secondary N) is 2. The molecule has 2 N–H and O–H groups in total. The van der Waals surface area contributed by atoms with Gasteiger partial charge in [-0.15, -0.1) is 0 Å². The highest BCUT2D eigenvalue weighted by Gasteiger charge is 2.04. The van der Waals surface area contributed by atoms with Crippen LogP contribution in [0, 0.1) is 0 Å². The average Bonchev–Trinajstić information content (AvgIpc) is 2.73. The first-order valence-electron chi connectivity index (χ1n) is 9.28. The Labute approximate surface area is 205 Å². The molecule has 8 heteroatoms. The minimum absolute atomic E-state index is 0.350. The number of benzene rings is 3. The molecule has 0 heterocycles. The van der Waals surface area contributed by atoms with E-state index in [0.717, 1.165) is 0 Å². The molecule has 0 unspecified atom stereocenters. The van der Waals surface area contributed by atoms with E-state index in [9.17, 15) is 9.59 Å². The Hall–Kier alpha value is -2.76. The van der Waals surface area contributed by atoms with Gasteiger partial charge in [-0.2, -0.15) is 0 Å². The molecule has 0 atom stereocenters. The van der Waals surface area contributed by atoms with Crippen molar-refractivity contribution in [1.82, 2.24) is 0 Å². The Balaban J connectivity index is 1.60. The second kappa shape index (κ2) is 11.2. The Bertz CT molecular complexity index is 1130. The first-order valence-corrected chi connectivity index (χ1v) is 10.8. The van der Waals surface area contributed by atoms with Gasteiger partial charge in [0.25, 0.3) is 0 Å². The minimum atomic E-state index is -0.350. The van der Waals surface area contributed by atoms with E-state index in [1.54, 1.807) is 72.8 Å². The van der Waals surface area contributed by atoms with Crippen LogP contribution in [0.4, 0.5) is 11.4 Å². The number of amides is 2.